The van der Waals surface area contributed by atoms with Crippen LogP contribution < -0.4 is 10.5 Å². The number of piperazine rings is 1. The van der Waals surface area contributed by atoms with Crippen molar-refractivity contribution < 1.29 is 4.39 Å². The molecule has 1 aliphatic heterocycles. The van der Waals surface area contributed by atoms with Crippen molar-refractivity contribution in [3.63, 3.8) is 0 Å². The molecule has 8 nitrogen and oxygen atoms in total. The van der Waals surface area contributed by atoms with Gasteiger partial charge in [0, 0.05) is 32.7 Å². The molecule has 1 fully saturated rings. The first-order valence-electron chi connectivity index (χ1n) is 12.5. The van der Waals surface area contributed by atoms with E-state index in [0.717, 1.165) is 11.1 Å². The molecule has 0 aliphatic carbocycles. The Labute approximate surface area is 225 Å². The molecule has 0 spiro atoms. The molecule has 1 unspecified atom stereocenters. The Balaban J connectivity index is 1.56. The van der Waals surface area contributed by atoms with E-state index in [1.165, 1.54) is 16.7 Å². The Kier molecular flexibility index (Phi) is 6.81. The van der Waals surface area contributed by atoms with Gasteiger partial charge < -0.3 is 9.47 Å². The second-order valence-corrected chi connectivity index (χ2v) is 9.60. The molecule has 2 aromatic carbocycles. The smallest absolute Gasteiger partial charge is 0.270 e. The van der Waals surface area contributed by atoms with Crippen molar-refractivity contribution in [2.45, 2.75) is 19.0 Å². The van der Waals surface area contributed by atoms with E-state index in [-0.39, 0.29) is 29.2 Å². The van der Waals surface area contributed by atoms with E-state index in [2.05, 4.69) is 28.9 Å². The van der Waals surface area contributed by atoms with Crippen molar-refractivity contribution in [3.8, 4) is 18.2 Å². The molecule has 1 aliphatic rings. The maximum Gasteiger partial charge on any atom is 0.270 e. The lowest BCUT2D eigenvalue weighted by molar-refractivity contribution is 0.150. The molecule has 1 saturated heterocycles. The Bertz CT molecular complexity index is 1740. The monoisotopic (exact) mass is 517 g/mol. The SMILES string of the molecule is C[C@@H]1CN(c2c(C#N)c(=O)n(C)c3ccc(C#N)nc23)CCN1C(c1ccc(F)cc1)c1ccc(C#N)cc1. The number of aromatic nitrogens is 2. The highest BCUT2D eigenvalue weighted by Crippen LogP contribution is 2.35. The van der Waals surface area contributed by atoms with Gasteiger partial charge in [-0.1, -0.05) is 24.3 Å². The molecular formula is C30H24FN7O. The van der Waals surface area contributed by atoms with Crippen molar-refractivity contribution in [2.24, 2.45) is 7.05 Å². The number of fused-ring (bicyclic) bond motifs is 1. The highest BCUT2D eigenvalue weighted by atomic mass is 19.1. The van der Waals surface area contributed by atoms with E-state index >= 15 is 0 Å². The van der Waals surface area contributed by atoms with E-state index in [1.807, 2.05) is 23.1 Å². The fraction of sp³-hybridized carbons (Fsp3) is 0.233. The third-order valence-electron chi connectivity index (χ3n) is 7.31. The molecule has 3 heterocycles. The van der Waals surface area contributed by atoms with E-state index in [0.29, 0.717) is 41.9 Å². The zero-order valence-corrected chi connectivity index (χ0v) is 21.5. The van der Waals surface area contributed by atoms with Crippen molar-refractivity contribution in [1.29, 1.82) is 15.8 Å². The second-order valence-electron chi connectivity index (χ2n) is 9.60. The zero-order chi connectivity index (χ0) is 27.7. The minimum Gasteiger partial charge on any atom is -0.366 e. The summed E-state index contributed by atoms with van der Waals surface area (Å²) in [4.78, 5) is 21.9. The summed E-state index contributed by atoms with van der Waals surface area (Å²) < 4.78 is 15.2. The molecular weight excluding hydrogens is 493 g/mol. The van der Waals surface area contributed by atoms with Crippen LogP contribution in [-0.2, 0) is 7.05 Å². The average molecular weight is 518 g/mol. The summed E-state index contributed by atoms with van der Waals surface area (Å²) in [6, 6.07) is 23.1. The lowest BCUT2D eigenvalue weighted by atomic mass is 9.94. The molecule has 2 aromatic heterocycles. The van der Waals surface area contributed by atoms with Gasteiger partial charge in [-0.3, -0.25) is 9.69 Å². The van der Waals surface area contributed by atoms with Gasteiger partial charge in [0.25, 0.3) is 5.56 Å². The van der Waals surface area contributed by atoms with Gasteiger partial charge in [0.2, 0.25) is 0 Å². The molecule has 0 N–H and O–H groups in total. The van der Waals surface area contributed by atoms with Crippen LogP contribution in [0, 0.1) is 39.8 Å². The lowest BCUT2D eigenvalue weighted by Crippen LogP contribution is -2.53. The van der Waals surface area contributed by atoms with Crippen LogP contribution in [0.15, 0.2) is 65.5 Å². The van der Waals surface area contributed by atoms with Crippen LogP contribution in [0.5, 0.6) is 0 Å². The number of nitriles is 3. The molecule has 192 valence electrons. The van der Waals surface area contributed by atoms with Gasteiger partial charge in [0.1, 0.15) is 34.7 Å². The fourth-order valence-electron chi connectivity index (χ4n) is 5.38. The van der Waals surface area contributed by atoms with Crippen LogP contribution in [0.25, 0.3) is 11.0 Å². The number of anilines is 1. The van der Waals surface area contributed by atoms with Gasteiger partial charge >= 0.3 is 0 Å². The minimum atomic E-state index is -0.414. The molecule has 4 aromatic rings. The first-order valence-corrected chi connectivity index (χ1v) is 12.5. The number of hydrogen-bond acceptors (Lipinski definition) is 7. The zero-order valence-electron chi connectivity index (χ0n) is 21.5. The summed E-state index contributed by atoms with van der Waals surface area (Å²) in [6.45, 7) is 3.62. The predicted octanol–water partition coefficient (Wildman–Crippen LogP) is 3.99. The summed E-state index contributed by atoms with van der Waals surface area (Å²) >= 11 is 0. The molecule has 2 atom stereocenters. The van der Waals surface area contributed by atoms with E-state index in [1.54, 1.807) is 43.4 Å². The Morgan fingerprint density at radius 2 is 1.59 bits per heavy atom. The Hall–Kier alpha value is -5.04. The van der Waals surface area contributed by atoms with Crippen molar-refractivity contribution >= 4 is 16.7 Å². The summed E-state index contributed by atoms with van der Waals surface area (Å²) in [7, 11) is 1.59. The number of pyridine rings is 2. The van der Waals surface area contributed by atoms with E-state index in [9.17, 15) is 25.0 Å². The van der Waals surface area contributed by atoms with Crippen LogP contribution in [0.3, 0.4) is 0 Å². The Morgan fingerprint density at radius 1 is 0.923 bits per heavy atom. The van der Waals surface area contributed by atoms with E-state index in [4.69, 9.17) is 0 Å². The summed E-state index contributed by atoms with van der Waals surface area (Å²) in [5, 5.41) is 28.7. The van der Waals surface area contributed by atoms with Crippen LogP contribution in [0.4, 0.5) is 10.1 Å². The summed E-state index contributed by atoms with van der Waals surface area (Å²) in [5.74, 6) is -0.319. The first-order chi connectivity index (χ1) is 18.9. The average Bonchev–Trinajstić information content (AvgIpc) is 2.96. The lowest BCUT2D eigenvalue weighted by Gasteiger charge is -2.45. The predicted molar refractivity (Wildman–Crippen MR) is 144 cm³/mol. The molecule has 0 bridgehead atoms. The van der Waals surface area contributed by atoms with Gasteiger partial charge in [-0.15, -0.1) is 0 Å². The molecule has 39 heavy (non-hydrogen) atoms. The van der Waals surface area contributed by atoms with E-state index < -0.39 is 5.56 Å². The normalized spacial score (nSPS) is 16.3. The van der Waals surface area contributed by atoms with Gasteiger partial charge in [-0.2, -0.15) is 15.8 Å². The molecule has 5 rings (SSSR count). The summed E-state index contributed by atoms with van der Waals surface area (Å²) in [6.07, 6.45) is 0. The van der Waals surface area contributed by atoms with Gasteiger partial charge in [0.15, 0.2) is 0 Å². The minimum absolute atomic E-state index is 0.00424. The molecule has 0 radical (unpaired) electrons. The standard InChI is InChI=1S/C30H24FN7O/c1-19-18-37(29-25(17-34)30(39)36(2)26-12-11-24(16-33)35-27(26)29)13-14-38(19)28(22-7-9-23(31)10-8-22)21-5-3-20(15-32)4-6-21/h3-12,19,28H,13-14,18H2,1-2H3/t19-,28?/m1/s1. The van der Waals surface area contributed by atoms with Crippen molar-refractivity contribution in [1.82, 2.24) is 14.5 Å². The van der Waals surface area contributed by atoms with Crippen LogP contribution >= 0.6 is 0 Å². The van der Waals surface area contributed by atoms with Crippen molar-refractivity contribution in [2.75, 3.05) is 24.5 Å². The quantitative estimate of drug-likeness (QED) is 0.402. The topological polar surface area (TPSA) is 113 Å². The molecule has 0 amide bonds. The van der Waals surface area contributed by atoms with Crippen LogP contribution in [0.1, 0.15) is 40.9 Å². The third-order valence-corrected chi connectivity index (χ3v) is 7.31. The van der Waals surface area contributed by atoms with Crippen molar-refractivity contribution in [3.05, 3.63) is 105 Å². The maximum absolute atomic E-state index is 13.8. The van der Waals surface area contributed by atoms with Gasteiger partial charge in [-0.05, 0) is 54.4 Å². The number of nitrogens with zero attached hydrogens (tertiary/aromatic N) is 7. The van der Waals surface area contributed by atoms with Gasteiger partial charge in [0.05, 0.1) is 28.9 Å². The maximum atomic E-state index is 13.8. The number of hydrogen-bond donors (Lipinski definition) is 0. The second kappa shape index (κ2) is 10.4. The van der Waals surface area contributed by atoms with Crippen LogP contribution in [0.2, 0.25) is 0 Å². The van der Waals surface area contributed by atoms with Gasteiger partial charge in [-0.25, -0.2) is 9.37 Å². The molecule has 0 saturated carbocycles. The summed E-state index contributed by atoms with van der Waals surface area (Å²) in [5.41, 5.74) is 3.65. The first kappa shape index (κ1) is 25.6. The fourth-order valence-corrected chi connectivity index (χ4v) is 5.38. The Morgan fingerprint density at radius 3 is 2.18 bits per heavy atom. The number of benzene rings is 2. The third kappa shape index (κ3) is 4.59. The largest absolute Gasteiger partial charge is 0.366 e. The number of aryl methyl sites for hydroxylation is 1. The highest BCUT2D eigenvalue weighted by molar-refractivity contribution is 5.92. The number of rotatable bonds is 4. The van der Waals surface area contributed by atoms with Crippen LogP contribution in [-0.4, -0.2) is 40.1 Å². The highest BCUT2D eigenvalue weighted by Gasteiger charge is 2.34. The number of halogens is 1. The molecule has 9 heteroatoms.